The number of alkyl halides is 2. The molecule has 0 unspecified atom stereocenters. The van der Waals surface area contributed by atoms with Crippen molar-refractivity contribution in [3.63, 3.8) is 0 Å². The lowest BCUT2D eigenvalue weighted by Gasteiger charge is -2.42. The van der Waals surface area contributed by atoms with Crippen LogP contribution < -0.4 is 4.90 Å². The van der Waals surface area contributed by atoms with Crippen LogP contribution in [-0.4, -0.2) is 41.4 Å². The first kappa shape index (κ1) is 19.6. The largest absolute Gasteiger partial charge is 0.363 e. The molecule has 0 spiro atoms. The van der Waals surface area contributed by atoms with E-state index < -0.39 is 5.92 Å². The fourth-order valence-corrected chi connectivity index (χ4v) is 5.66. The summed E-state index contributed by atoms with van der Waals surface area (Å²) in [5.74, 6) is -2.73. The van der Waals surface area contributed by atoms with Gasteiger partial charge >= 0.3 is 0 Å². The Labute approximate surface area is 164 Å². The molecule has 0 N–H and O–H groups in total. The molecule has 6 heteroatoms. The van der Waals surface area contributed by atoms with Gasteiger partial charge in [-0.05, 0) is 63.6 Å². The number of halogens is 3. The second kappa shape index (κ2) is 6.96. The molecular weight excluding hydrogens is 365 g/mol. The van der Waals surface area contributed by atoms with Crippen LogP contribution in [0.5, 0.6) is 0 Å². The number of carbonyl (C=O) groups excluding carboxylic acids is 1. The standard InChI is InChI=1S/C22H29F3N2O/c1-21(2)13-16-14-26(20(28)15-6-9-22(24,25)10-7-15)11-8-19(16)27(21)18-5-3-4-17(23)12-18/h3-5,12,15-16,19H,6-11,13-14H2,1-2H3/t16-,19+/m1/s1. The number of amides is 1. The molecule has 0 bridgehead atoms. The summed E-state index contributed by atoms with van der Waals surface area (Å²) in [6.45, 7) is 5.66. The van der Waals surface area contributed by atoms with Crippen LogP contribution in [-0.2, 0) is 4.79 Å². The zero-order valence-corrected chi connectivity index (χ0v) is 16.6. The van der Waals surface area contributed by atoms with Crippen LogP contribution >= 0.6 is 0 Å². The number of piperidine rings is 1. The van der Waals surface area contributed by atoms with Crippen molar-refractivity contribution in [3.8, 4) is 0 Å². The highest BCUT2D eigenvalue weighted by molar-refractivity contribution is 5.79. The van der Waals surface area contributed by atoms with Crippen molar-refractivity contribution in [1.82, 2.24) is 4.90 Å². The Hall–Kier alpha value is -1.72. The van der Waals surface area contributed by atoms with Crippen molar-refractivity contribution in [1.29, 1.82) is 0 Å². The quantitative estimate of drug-likeness (QED) is 0.715. The average molecular weight is 394 g/mol. The maximum absolute atomic E-state index is 13.8. The van der Waals surface area contributed by atoms with Gasteiger partial charge in [-0.1, -0.05) is 6.07 Å². The molecule has 0 aromatic heterocycles. The van der Waals surface area contributed by atoms with Gasteiger partial charge in [0.25, 0.3) is 0 Å². The fourth-order valence-electron chi connectivity index (χ4n) is 5.66. The van der Waals surface area contributed by atoms with Gasteiger partial charge in [-0.25, -0.2) is 13.2 Å². The van der Waals surface area contributed by atoms with E-state index in [2.05, 4.69) is 18.7 Å². The van der Waals surface area contributed by atoms with Crippen molar-refractivity contribution < 1.29 is 18.0 Å². The van der Waals surface area contributed by atoms with Gasteiger partial charge in [0.2, 0.25) is 11.8 Å². The molecule has 4 rings (SSSR count). The number of nitrogens with zero attached hydrogens (tertiary/aromatic N) is 2. The number of carbonyl (C=O) groups is 1. The van der Waals surface area contributed by atoms with Gasteiger partial charge < -0.3 is 9.80 Å². The molecule has 1 aromatic rings. The van der Waals surface area contributed by atoms with E-state index in [1.165, 1.54) is 6.07 Å². The smallest absolute Gasteiger partial charge is 0.248 e. The number of hydrogen-bond acceptors (Lipinski definition) is 2. The summed E-state index contributed by atoms with van der Waals surface area (Å²) < 4.78 is 40.6. The Balaban J connectivity index is 1.46. The SMILES string of the molecule is CC1(C)C[C@@H]2CN(C(=O)C3CCC(F)(F)CC3)CC[C@@H]2N1c1cccc(F)c1. The Morgan fingerprint density at radius 1 is 1.14 bits per heavy atom. The molecule has 1 aliphatic carbocycles. The number of rotatable bonds is 2. The van der Waals surface area contributed by atoms with E-state index in [-0.39, 0.29) is 54.9 Å². The average Bonchev–Trinajstić information content (AvgIpc) is 2.90. The molecule has 1 aromatic carbocycles. The van der Waals surface area contributed by atoms with Crippen molar-refractivity contribution >= 4 is 11.6 Å². The maximum atomic E-state index is 13.8. The summed E-state index contributed by atoms with van der Waals surface area (Å²) in [6, 6.07) is 7.01. The van der Waals surface area contributed by atoms with Crippen LogP contribution in [0.2, 0.25) is 0 Å². The highest BCUT2D eigenvalue weighted by atomic mass is 19.3. The topological polar surface area (TPSA) is 23.6 Å². The molecule has 3 nitrogen and oxygen atoms in total. The number of anilines is 1. The highest BCUT2D eigenvalue weighted by Gasteiger charge is 2.49. The van der Waals surface area contributed by atoms with E-state index in [9.17, 15) is 18.0 Å². The van der Waals surface area contributed by atoms with Crippen LogP contribution in [0.4, 0.5) is 18.9 Å². The molecule has 28 heavy (non-hydrogen) atoms. The first-order valence-corrected chi connectivity index (χ1v) is 10.4. The van der Waals surface area contributed by atoms with Gasteiger partial charge in [-0.3, -0.25) is 4.79 Å². The third-order valence-electron chi connectivity index (χ3n) is 6.90. The summed E-state index contributed by atoms with van der Waals surface area (Å²) >= 11 is 0. The van der Waals surface area contributed by atoms with E-state index in [0.717, 1.165) is 18.5 Å². The molecule has 1 amide bonds. The van der Waals surface area contributed by atoms with E-state index >= 15 is 0 Å². The third kappa shape index (κ3) is 3.62. The van der Waals surface area contributed by atoms with Crippen LogP contribution in [0, 0.1) is 17.7 Å². The lowest BCUT2D eigenvalue weighted by atomic mass is 9.84. The molecule has 1 saturated carbocycles. The molecule has 0 radical (unpaired) electrons. The molecule has 2 heterocycles. The normalized spacial score (nSPS) is 29.6. The summed E-state index contributed by atoms with van der Waals surface area (Å²) in [5, 5.41) is 0. The van der Waals surface area contributed by atoms with Gasteiger partial charge in [-0.2, -0.15) is 0 Å². The van der Waals surface area contributed by atoms with Gasteiger partial charge in [0.05, 0.1) is 0 Å². The zero-order valence-electron chi connectivity index (χ0n) is 16.6. The van der Waals surface area contributed by atoms with Gasteiger partial charge in [0.1, 0.15) is 5.82 Å². The fraction of sp³-hybridized carbons (Fsp3) is 0.682. The predicted molar refractivity (Wildman–Crippen MR) is 103 cm³/mol. The highest BCUT2D eigenvalue weighted by Crippen LogP contribution is 2.45. The number of hydrogen-bond donors (Lipinski definition) is 0. The summed E-state index contributed by atoms with van der Waals surface area (Å²) in [7, 11) is 0. The molecular formula is C22H29F3N2O. The minimum Gasteiger partial charge on any atom is -0.363 e. The van der Waals surface area contributed by atoms with Gasteiger partial charge in [0.15, 0.2) is 0 Å². The molecule has 3 fully saturated rings. The van der Waals surface area contributed by atoms with Crippen LogP contribution in [0.3, 0.4) is 0 Å². The first-order chi connectivity index (χ1) is 13.2. The van der Waals surface area contributed by atoms with E-state index in [4.69, 9.17) is 0 Å². The zero-order chi connectivity index (χ0) is 20.1. The van der Waals surface area contributed by atoms with E-state index in [0.29, 0.717) is 19.0 Å². The van der Waals surface area contributed by atoms with Crippen LogP contribution in [0.1, 0.15) is 52.4 Å². The number of fused-ring (bicyclic) bond motifs is 1. The maximum Gasteiger partial charge on any atom is 0.248 e. The Morgan fingerprint density at radius 2 is 1.86 bits per heavy atom. The monoisotopic (exact) mass is 394 g/mol. The second-order valence-corrected chi connectivity index (χ2v) is 9.40. The van der Waals surface area contributed by atoms with Crippen LogP contribution in [0.15, 0.2) is 24.3 Å². The van der Waals surface area contributed by atoms with E-state index in [1.807, 2.05) is 11.0 Å². The lowest BCUT2D eigenvalue weighted by molar-refractivity contribution is -0.141. The van der Waals surface area contributed by atoms with Crippen molar-refractivity contribution in [2.45, 2.75) is 69.9 Å². The Kier molecular flexibility index (Phi) is 4.87. The van der Waals surface area contributed by atoms with Crippen molar-refractivity contribution in [2.24, 2.45) is 11.8 Å². The third-order valence-corrected chi connectivity index (χ3v) is 6.90. The minimum absolute atomic E-state index is 0.0518. The molecule has 2 saturated heterocycles. The molecule has 2 aliphatic heterocycles. The molecule has 154 valence electrons. The summed E-state index contributed by atoms with van der Waals surface area (Å²) in [4.78, 5) is 17.2. The molecule has 2 atom stereocenters. The summed E-state index contributed by atoms with van der Waals surface area (Å²) in [6.07, 6.45) is 1.99. The number of likely N-dealkylation sites (tertiary alicyclic amines) is 1. The first-order valence-electron chi connectivity index (χ1n) is 10.4. The Bertz CT molecular complexity index is 741. The minimum atomic E-state index is -2.61. The van der Waals surface area contributed by atoms with Crippen molar-refractivity contribution in [2.75, 3.05) is 18.0 Å². The van der Waals surface area contributed by atoms with Gasteiger partial charge in [0, 0.05) is 49.1 Å². The second-order valence-electron chi connectivity index (χ2n) is 9.40. The molecule has 3 aliphatic rings. The summed E-state index contributed by atoms with van der Waals surface area (Å²) in [5.41, 5.74) is 0.779. The number of benzene rings is 1. The lowest BCUT2D eigenvalue weighted by Crippen LogP contribution is -2.51. The Morgan fingerprint density at radius 3 is 2.54 bits per heavy atom. The predicted octanol–water partition coefficient (Wildman–Crippen LogP) is 4.86. The van der Waals surface area contributed by atoms with Crippen molar-refractivity contribution in [3.05, 3.63) is 30.1 Å². The van der Waals surface area contributed by atoms with E-state index in [1.54, 1.807) is 12.1 Å². The van der Waals surface area contributed by atoms with Crippen LogP contribution in [0.25, 0.3) is 0 Å². The van der Waals surface area contributed by atoms with Gasteiger partial charge in [-0.15, -0.1) is 0 Å².